The molecule has 100 valence electrons. The van der Waals surface area contributed by atoms with E-state index < -0.39 is 0 Å². The van der Waals surface area contributed by atoms with E-state index in [-0.39, 0.29) is 0 Å². The Morgan fingerprint density at radius 1 is 0.905 bits per heavy atom. The number of rotatable bonds is 2. The van der Waals surface area contributed by atoms with E-state index in [2.05, 4.69) is 26.2 Å². The molecule has 0 bridgehead atoms. The molecule has 0 aliphatic heterocycles. The fraction of sp³-hybridized carbons (Fsp3) is 0. The second kappa shape index (κ2) is 4.79. The van der Waals surface area contributed by atoms with Gasteiger partial charge in [-0.15, -0.1) is 10.2 Å². The molecule has 3 aromatic heterocycles. The van der Waals surface area contributed by atoms with E-state index in [1.807, 2.05) is 41.0 Å². The Labute approximate surface area is 120 Å². The topological polar surface area (TPSA) is 56.5 Å². The zero-order chi connectivity index (χ0) is 14.1. The average Bonchev–Trinajstić information content (AvgIpc) is 3.05. The van der Waals surface area contributed by atoms with Crippen LogP contribution >= 0.6 is 0 Å². The summed E-state index contributed by atoms with van der Waals surface area (Å²) in [5, 5.41) is 9.33. The molecule has 1 aromatic carbocycles. The van der Waals surface area contributed by atoms with Crippen LogP contribution in [0.1, 0.15) is 0 Å². The lowest BCUT2D eigenvalue weighted by atomic mass is 10.2. The summed E-state index contributed by atoms with van der Waals surface area (Å²) in [6, 6.07) is 13.9. The van der Waals surface area contributed by atoms with Gasteiger partial charge in [0, 0.05) is 35.2 Å². The number of hydrogen-bond donors (Lipinski definition) is 0. The van der Waals surface area contributed by atoms with Gasteiger partial charge in [-0.1, -0.05) is 6.07 Å². The lowest BCUT2D eigenvalue weighted by Crippen LogP contribution is -1.96. The molecule has 0 aliphatic carbocycles. The van der Waals surface area contributed by atoms with Crippen LogP contribution < -0.4 is 0 Å². The zero-order valence-electron chi connectivity index (χ0n) is 11.1. The molecule has 4 aromatic rings. The largest absolute Gasteiger partial charge is 0.282 e. The first-order valence-corrected chi connectivity index (χ1v) is 6.57. The number of nitrogens with zero attached hydrogens (tertiary/aromatic N) is 5. The van der Waals surface area contributed by atoms with Crippen LogP contribution in [0.2, 0.25) is 0 Å². The Hall–Kier alpha value is -3.08. The molecule has 21 heavy (non-hydrogen) atoms. The van der Waals surface area contributed by atoms with E-state index in [1.54, 1.807) is 24.9 Å². The van der Waals surface area contributed by atoms with E-state index in [9.17, 15) is 0 Å². The van der Waals surface area contributed by atoms with Gasteiger partial charge in [0.1, 0.15) is 6.33 Å². The smallest absolute Gasteiger partial charge is 0.168 e. The second-order valence-electron chi connectivity index (χ2n) is 4.64. The predicted molar refractivity (Wildman–Crippen MR) is 79.9 cm³/mol. The van der Waals surface area contributed by atoms with Crippen molar-refractivity contribution in [1.29, 1.82) is 0 Å². The van der Waals surface area contributed by atoms with Crippen LogP contribution in [0.15, 0.2) is 67.4 Å². The molecule has 4 rings (SSSR count). The van der Waals surface area contributed by atoms with Gasteiger partial charge in [-0.05, 0) is 36.4 Å². The maximum atomic E-state index is 4.34. The summed E-state index contributed by atoms with van der Waals surface area (Å²) >= 11 is 0. The Balaban J connectivity index is 1.88. The third-order valence-corrected chi connectivity index (χ3v) is 3.35. The number of fused-ring (bicyclic) bond motifs is 1. The molecular formula is C16H11N5. The van der Waals surface area contributed by atoms with Gasteiger partial charge in [0.25, 0.3) is 0 Å². The highest BCUT2D eigenvalue weighted by Crippen LogP contribution is 2.22. The highest BCUT2D eigenvalue weighted by molar-refractivity contribution is 5.80. The third-order valence-electron chi connectivity index (χ3n) is 3.35. The Bertz CT molecular complexity index is 899. The van der Waals surface area contributed by atoms with E-state index in [0.717, 1.165) is 28.0 Å². The minimum atomic E-state index is 0.792. The monoisotopic (exact) mass is 273 g/mol. The number of hydrogen-bond acceptors (Lipinski definition) is 4. The fourth-order valence-electron chi connectivity index (χ4n) is 2.33. The first-order chi connectivity index (χ1) is 10.4. The van der Waals surface area contributed by atoms with Gasteiger partial charge in [0.2, 0.25) is 0 Å². The SMILES string of the molecule is c1cnc2ccc(-n3cnnc3-c3ccncc3)cc2c1. The Morgan fingerprint density at radius 3 is 2.71 bits per heavy atom. The molecule has 0 atom stereocenters. The van der Waals surface area contributed by atoms with Gasteiger partial charge < -0.3 is 0 Å². The van der Waals surface area contributed by atoms with Crippen LogP contribution in [-0.2, 0) is 0 Å². The molecular weight excluding hydrogens is 262 g/mol. The van der Waals surface area contributed by atoms with Gasteiger partial charge in [-0.2, -0.15) is 0 Å². The predicted octanol–water partition coefficient (Wildman–Crippen LogP) is 2.88. The molecule has 0 fully saturated rings. The summed E-state index contributed by atoms with van der Waals surface area (Å²) in [5.74, 6) is 0.792. The molecule has 0 unspecified atom stereocenters. The summed E-state index contributed by atoms with van der Waals surface area (Å²) in [4.78, 5) is 8.37. The van der Waals surface area contributed by atoms with Gasteiger partial charge >= 0.3 is 0 Å². The van der Waals surface area contributed by atoms with Crippen LogP contribution in [0.5, 0.6) is 0 Å². The van der Waals surface area contributed by atoms with E-state index >= 15 is 0 Å². The fourth-order valence-corrected chi connectivity index (χ4v) is 2.33. The van der Waals surface area contributed by atoms with Crippen molar-refractivity contribution in [2.45, 2.75) is 0 Å². The summed E-state index contributed by atoms with van der Waals surface area (Å²) in [7, 11) is 0. The summed E-state index contributed by atoms with van der Waals surface area (Å²) < 4.78 is 1.96. The lowest BCUT2D eigenvalue weighted by molar-refractivity contribution is 1.06. The Kier molecular flexibility index (Phi) is 2.67. The van der Waals surface area contributed by atoms with E-state index in [1.165, 1.54) is 0 Å². The summed E-state index contributed by atoms with van der Waals surface area (Å²) in [5.41, 5.74) is 2.96. The molecule has 0 N–H and O–H groups in total. The highest BCUT2D eigenvalue weighted by atomic mass is 15.3. The number of aromatic nitrogens is 5. The molecule has 0 radical (unpaired) electrons. The van der Waals surface area contributed by atoms with Crippen LogP contribution in [0.4, 0.5) is 0 Å². The molecule has 0 spiro atoms. The average molecular weight is 273 g/mol. The highest BCUT2D eigenvalue weighted by Gasteiger charge is 2.09. The first kappa shape index (κ1) is 11.7. The number of benzene rings is 1. The molecule has 5 heteroatoms. The van der Waals surface area contributed by atoms with Gasteiger partial charge in [-0.3, -0.25) is 14.5 Å². The molecule has 0 aliphatic rings. The maximum Gasteiger partial charge on any atom is 0.168 e. The minimum absolute atomic E-state index is 0.792. The van der Waals surface area contributed by atoms with Crippen molar-refractivity contribution < 1.29 is 0 Å². The second-order valence-corrected chi connectivity index (χ2v) is 4.64. The van der Waals surface area contributed by atoms with Crippen LogP contribution in [-0.4, -0.2) is 24.7 Å². The van der Waals surface area contributed by atoms with Gasteiger partial charge in [0.15, 0.2) is 5.82 Å². The maximum absolute atomic E-state index is 4.34. The van der Waals surface area contributed by atoms with Crippen LogP contribution in [0.25, 0.3) is 28.0 Å². The molecule has 5 nitrogen and oxygen atoms in total. The zero-order valence-corrected chi connectivity index (χ0v) is 11.1. The molecule has 0 amide bonds. The molecule has 3 heterocycles. The van der Waals surface area contributed by atoms with Crippen molar-refractivity contribution in [2.75, 3.05) is 0 Å². The third kappa shape index (κ3) is 2.04. The molecule has 0 saturated heterocycles. The lowest BCUT2D eigenvalue weighted by Gasteiger charge is -2.07. The quantitative estimate of drug-likeness (QED) is 0.563. The number of pyridine rings is 2. The van der Waals surface area contributed by atoms with E-state index in [0.29, 0.717) is 0 Å². The van der Waals surface area contributed by atoms with Gasteiger partial charge in [0.05, 0.1) is 5.52 Å². The molecule has 0 saturated carbocycles. The summed E-state index contributed by atoms with van der Waals surface area (Å²) in [6.07, 6.45) is 7.01. The Morgan fingerprint density at radius 2 is 1.81 bits per heavy atom. The van der Waals surface area contributed by atoms with Crippen LogP contribution in [0, 0.1) is 0 Å². The first-order valence-electron chi connectivity index (χ1n) is 6.57. The van der Waals surface area contributed by atoms with Crippen molar-refractivity contribution in [1.82, 2.24) is 24.7 Å². The standard InChI is InChI=1S/C16H11N5/c1-2-13-10-14(3-4-15(13)18-7-1)21-11-19-20-16(21)12-5-8-17-9-6-12/h1-11H. The van der Waals surface area contributed by atoms with Crippen LogP contribution in [0.3, 0.4) is 0 Å². The van der Waals surface area contributed by atoms with Crippen molar-refractivity contribution in [3.8, 4) is 17.1 Å². The van der Waals surface area contributed by atoms with Gasteiger partial charge in [-0.25, -0.2) is 0 Å². The van der Waals surface area contributed by atoms with Crippen molar-refractivity contribution >= 4 is 10.9 Å². The minimum Gasteiger partial charge on any atom is -0.282 e. The summed E-state index contributed by atoms with van der Waals surface area (Å²) in [6.45, 7) is 0. The van der Waals surface area contributed by atoms with E-state index in [4.69, 9.17) is 0 Å². The van der Waals surface area contributed by atoms with Crippen molar-refractivity contribution in [3.63, 3.8) is 0 Å². The van der Waals surface area contributed by atoms with Crippen molar-refractivity contribution in [2.24, 2.45) is 0 Å². The van der Waals surface area contributed by atoms with Crippen molar-refractivity contribution in [3.05, 3.63) is 67.4 Å². The normalized spacial score (nSPS) is 10.9.